The molecule has 0 aliphatic carbocycles. The van der Waals surface area contributed by atoms with Crippen molar-refractivity contribution in [1.29, 1.82) is 0 Å². The molecule has 1 amide bonds. The topological polar surface area (TPSA) is 140 Å². The first-order valence-corrected chi connectivity index (χ1v) is 11.7. The van der Waals surface area contributed by atoms with Gasteiger partial charge in [-0.05, 0) is 6.42 Å². The summed E-state index contributed by atoms with van der Waals surface area (Å²) in [6, 6.07) is 0. The van der Waals surface area contributed by atoms with Gasteiger partial charge in [0.2, 0.25) is 5.91 Å². The summed E-state index contributed by atoms with van der Waals surface area (Å²) in [6.07, 6.45) is 0.700. The highest BCUT2D eigenvalue weighted by atomic mass is 16.6. The zero-order valence-corrected chi connectivity index (χ0v) is 20.5. The van der Waals surface area contributed by atoms with Crippen LogP contribution in [0.4, 0.5) is 0 Å². The van der Waals surface area contributed by atoms with Gasteiger partial charge in [-0.15, -0.1) is 0 Å². The summed E-state index contributed by atoms with van der Waals surface area (Å²) < 4.78 is 42.4. The Kier molecular flexibility index (Phi) is 26.7. The van der Waals surface area contributed by atoms with Crippen LogP contribution in [0.5, 0.6) is 0 Å². The van der Waals surface area contributed by atoms with Crippen LogP contribution in [0, 0.1) is 0 Å². The molecule has 2 N–H and O–H groups in total. The van der Waals surface area contributed by atoms with Crippen molar-refractivity contribution < 1.29 is 52.6 Å². The summed E-state index contributed by atoms with van der Waals surface area (Å²) in [6.45, 7) is 7.62. The predicted molar refractivity (Wildman–Crippen MR) is 122 cm³/mol. The number of nitrogens with one attached hydrogen (secondary N) is 1. The lowest BCUT2D eigenvalue weighted by Crippen LogP contribution is -2.26. The fourth-order valence-corrected chi connectivity index (χ4v) is 2.28. The number of methoxy groups -OCH3 is 1. The van der Waals surface area contributed by atoms with Crippen molar-refractivity contribution in [2.45, 2.75) is 19.3 Å². The van der Waals surface area contributed by atoms with E-state index in [0.717, 1.165) is 0 Å². The molecular formula is C22H43NO11. The Bertz CT molecular complexity index is 455. The minimum atomic E-state index is -0.868. The van der Waals surface area contributed by atoms with Crippen LogP contribution in [-0.2, 0) is 47.5 Å². The predicted octanol–water partition coefficient (Wildman–Crippen LogP) is 0.120. The third-order valence-electron chi connectivity index (χ3n) is 4.03. The normalized spacial score (nSPS) is 11.1. The van der Waals surface area contributed by atoms with Gasteiger partial charge in [0, 0.05) is 26.5 Å². The van der Waals surface area contributed by atoms with Crippen LogP contribution in [-0.4, -0.2) is 130 Å². The molecule has 0 spiro atoms. The lowest BCUT2D eigenvalue weighted by Gasteiger charge is -2.08. The maximum Gasteiger partial charge on any atom is 0.303 e. The molecular weight excluding hydrogens is 454 g/mol. The van der Waals surface area contributed by atoms with Crippen molar-refractivity contribution in [3.63, 3.8) is 0 Å². The maximum absolute atomic E-state index is 11.5. The molecule has 0 saturated carbocycles. The Morgan fingerprint density at radius 2 is 0.912 bits per heavy atom. The summed E-state index contributed by atoms with van der Waals surface area (Å²) in [5.74, 6) is -1.02. The molecule has 0 rings (SSSR count). The second-order valence-electron chi connectivity index (χ2n) is 6.88. The fraction of sp³-hybridized carbons (Fsp3) is 0.909. The molecule has 0 aromatic rings. The molecule has 0 fully saturated rings. The van der Waals surface area contributed by atoms with Gasteiger partial charge in [-0.25, -0.2) is 0 Å². The molecule has 202 valence electrons. The Morgan fingerprint density at radius 1 is 0.559 bits per heavy atom. The van der Waals surface area contributed by atoms with E-state index in [4.69, 9.17) is 43.0 Å². The van der Waals surface area contributed by atoms with Gasteiger partial charge in [-0.1, -0.05) is 0 Å². The number of amides is 1. The van der Waals surface area contributed by atoms with E-state index in [1.165, 1.54) is 0 Å². The van der Waals surface area contributed by atoms with Crippen molar-refractivity contribution in [3.8, 4) is 0 Å². The fourth-order valence-electron chi connectivity index (χ4n) is 2.28. The molecule has 0 aromatic heterocycles. The van der Waals surface area contributed by atoms with Crippen molar-refractivity contribution in [2.24, 2.45) is 0 Å². The number of carbonyl (C=O) groups excluding carboxylic acids is 1. The van der Waals surface area contributed by atoms with Crippen LogP contribution in [0.15, 0.2) is 0 Å². The van der Waals surface area contributed by atoms with E-state index in [-0.39, 0.29) is 18.7 Å². The largest absolute Gasteiger partial charge is 0.481 e. The lowest BCUT2D eigenvalue weighted by atomic mass is 10.3. The third kappa shape index (κ3) is 28.7. The second-order valence-corrected chi connectivity index (χ2v) is 6.88. The van der Waals surface area contributed by atoms with Gasteiger partial charge in [-0.2, -0.15) is 0 Å². The zero-order valence-electron chi connectivity index (χ0n) is 20.5. The average molecular weight is 498 g/mol. The Labute approximate surface area is 202 Å². The summed E-state index contributed by atoms with van der Waals surface area (Å²) in [7, 11) is 1.64. The summed E-state index contributed by atoms with van der Waals surface area (Å²) in [5.41, 5.74) is 0. The van der Waals surface area contributed by atoms with Crippen LogP contribution in [0.25, 0.3) is 0 Å². The highest BCUT2D eigenvalue weighted by Gasteiger charge is 2.02. The summed E-state index contributed by atoms with van der Waals surface area (Å²) >= 11 is 0. The van der Waals surface area contributed by atoms with Gasteiger partial charge in [0.1, 0.15) is 0 Å². The van der Waals surface area contributed by atoms with E-state index in [0.29, 0.717) is 112 Å². The zero-order chi connectivity index (χ0) is 25.0. The monoisotopic (exact) mass is 497 g/mol. The van der Waals surface area contributed by atoms with Gasteiger partial charge in [0.25, 0.3) is 0 Å². The summed E-state index contributed by atoms with van der Waals surface area (Å²) in [5, 5.41) is 11.2. The Balaban J connectivity index is 3.10. The van der Waals surface area contributed by atoms with E-state index in [1.807, 2.05) is 0 Å². The first kappa shape index (κ1) is 32.6. The number of carbonyl (C=O) groups is 2. The molecule has 0 radical (unpaired) electrons. The van der Waals surface area contributed by atoms with Crippen LogP contribution in [0.1, 0.15) is 19.3 Å². The number of hydrogen-bond acceptors (Lipinski definition) is 10. The summed E-state index contributed by atoms with van der Waals surface area (Å²) in [4.78, 5) is 21.8. The standard InChI is InChI=1S/C22H43NO11/c1-27-7-8-29-11-12-31-15-16-33-19-20-34-18-17-32-14-13-30-10-9-28-6-4-21(24)23-5-2-3-22(25)26/h2-20H2,1H3,(H,23,24)(H,25,26). The number of ether oxygens (including phenoxy) is 8. The smallest absolute Gasteiger partial charge is 0.303 e. The minimum absolute atomic E-state index is 0.0457. The first-order chi connectivity index (χ1) is 16.7. The SMILES string of the molecule is COCCOCCOCCOCCOCCOCCOCCOCCC(=O)NCCCC(=O)O. The Morgan fingerprint density at radius 3 is 1.26 bits per heavy atom. The van der Waals surface area contributed by atoms with E-state index < -0.39 is 5.97 Å². The van der Waals surface area contributed by atoms with Crippen LogP contribution in [0.3, 0.4) is 0 Å². The molecule has 0 unspecified atom stereocenters. The molecule has 0 aliphatic heterocycles. The van der Waals surface area contributed by atoms with Crippen LogP contribution >= 0.6 is 0 Å². The van der Waals surface area contributed by atoms with Crippen molar-refractivity contribution in [3.05, 3.63) is 0 Å². The molecule has 0 atom stereocenters. The molecule has 12 nitrogen and oxygen atoms in total. The molecule has 0 heterocycles. The number of rotatable bonds is 28. The molecule has 0 bridgehead atoms. The molecule has 12 heteroatoms. The highest BCUT2D eigenvalue weighted by Crippen LogP contribution is 1.89. The lowest BCUT2D eigenvalue weighted by molar-refractivity contribution is -0.137. The molecule has 0 aromatic carbocycles. The number of hydrogen-bond donors (Lipinski definition) is 2. The average Bonchev–Trinajstić information content (AvgIpc) is 2.82. The van der Waals surface area contributed by atoms with E-state index in [1.54, 1.807) is 7.11 Å². The van der Waals surface area contributed by atoms with E-state index >= 15 is 0 Å². The van der Waals surface area contributed by atoms with Crippen molar-refractivity contribution in [2.75, 3.05) is 113 Å². The van der Waals surface area contributed by atoms with Crippen LogP contribution < -0.4 is 5.32 Å². The van der Waals surface area contributed by atoms with Crippen molar-refractivity contribution in [1.82, 2.24) is 5.32 Å². The maximum atomic E-state index is 11.5. The highest BCUT2D eigenvalue weighted by molar-refractivity contribution is 5.76. The van der Waals surface area contributed by atoms with Gasteiger partial charge in [-0.3, -0.25) is 9.59 Å². The quantitative estimate of drug-likeness (QED) is 0.142. The van der Waals surface area contributed by atoms with Crippen LogP contribution in [0.2, 0.25) is 0 Å². The van der Waals surface area contributed by atoms with E-state index in [2.05, 4.69) is 5.32 Å². The Hall–Kier alpha value is -1.38. The number of carboxylic acid groups (broad SMARTS) is 1. The number of aliphatic carboxylic acids is 1. The molecule has 34 heavy (non-hydrogen) atoms. The van der Waals surface area contributed by atoms with Gasteiger partial charge in [0.05, 0.1) is 99.1 Å². The number of carboxylic acids is 1. The third-order valence-corrected chi connectivity index (χ3v) is 4.03. The van der Waals surface area contributed by atoms with Crippen molar-refractivity contribution >= 4 is 11.9 Å². The minimum Gasteiger partial charge on any atom is -0.481 e. The molecule has 0 saturated heterocycles. The van der Waals surface area contributed by atoms with E-state index in [9.17, 15) is 9.59 Å². The second kappa shape index (κ2) is 27.9. The van der Waals surface area contributed by atoms with Gasteiger partial charge in [0.15, 0.2) is 0 Å². The molecule has 0 aliphatic rings. The van der Waals surface area contributed by atoms with Gasteiger partial charge >= 0.3 is 5.97 Å². The van der Waals surface area contributed by atoms with Gasteiger partial charge < -0.3 is 48.3 Å². The first-order valence-electron chi connectivity index (χ1n) is 11.7.